The smallest absolute Gasteiger partial charge is 0.471 e. The number of benzene rings is 1. The van der Waals surface area contributed by atoms with Crippen LogP contribution >= 0.6 is 0 Å². The lowest BCUT2D eigenvalue weighted by Gasteiger charge is -2.12. The van der Waals surface area contributed by atoms with Crippen LogP contribution in [0.3, 0.4) is 0 Å². The number of methoxy groups -OCH3 is 1. The van der Waals surface area contributed by atoms with Crippen LogP contribution in [0.5, 0.6) is 5.75 Å². The molecule has 1 rings (SSSR count). The first kappa shape index (κ1) is 14.7. The average Bonchev–Trinajstić information content (AvgIpc) is 2.27. The quantitative estimate of drug-likeness (QED) is 0.831. The van der Waals surface area contributed by atoms with Gasteiger partial charge in [-0.25, -0.2) is 9.18 Å². The van der Waals surface area contributed by atoms with E-state index in [1.54, 1.807) is 0 Å². The molecule has 104 valence electrons. The Kier molecular flexibility index (Phi) is 3.98. The maximum atomic E-state index is 13.3. The molecule has 0 aliphatic carbocycles. The highest BCUT2D eigenvalue weighted by molar-refractivity contribution is 5.97. The monoisotopic (exact) mass is 281 g/mol. The number of anilines is 1. The lowest BCUT2D eigenvalue weighted by atomic mass is 10.1. The predicted octanol–water partition coefficient (Wildman–Crippen LogP) is 2.03. The molecule has 0 aliphatic rings. The van der Waals surface area contributed by atoms with Gasteiger partial charge >= 0.3 is 18.1 Å². The third kappa shape index (κ3) is 3.33. The molecule has 5 nitrogen and oxygen atoms in total. The van der Waals surface area contributed by atoms with Gasteiger partial charge in [-0.1, -0.05) is 0 Å². The van der Waals surface area contributed by atoms with Crippen LogP contribution in [0, 0.1) is 5.82 Å². The minimum absolute atomic E-state index is 0.406. The van der Waals surface area contributed by atoms with Crippen LogP contribution < -0.4 is 10.1 Å². The van der Waals surface area contributed by atoms with Crippen molar-refractivity contribution in [3.8, 4) is 5.75 Å². The second-order valence-electron chi connectivity index (χ2n) is 3.29. The Labute approximate surface area is 103 Å². The van der Waals surface area contributed by atoms with Gasteiger partial charge in [0.25, 0.3) is 0 Å². The standard InChI is InChI=1S/C10H7F4NO4/c1-19-7-2-4(8(16)17)5(11)3-6(7)15-9(18)10(12,13)14/h2-3H,1H3,(H,15,18)(H,16,17). The van der Waals surface area contributed by atoms with E-state index in [4.69, 9.17) is 5.11 Å². The van der Waals surface area contributed by atoms with Crippen LogP contribution in [-0.2, 0) is 4.79 Å². The maximum Gasteiger partial charge on any atom is 0.471 e. The van der Waals surface area contributed by atoms with E-state index < -0.39 is 40.9 Å². The number of hydrogen-bond acceptors (Lipinski definition) is 3. The van der Waals surface area contributed by atoms with Gasteiger partial charge in [0.15, 0.2) is 0 Å². The number of hydrogen-bond donors (Lipinski definition) is 2. The van der Waals surface area contributed by atoms with E-state index in [-0.39, 0.29) is 0 Å². The molecule has 0 heterocycles. The molecule has 19 heavy (non-hydrogen) atoms. The van der Waals surface area contributed by atoms with E-state index >= 15 is 0 Å². The first-order valence-electron chi connectivity index (χ1n) is 4.65. The number of amides is 1. The normalized spacial score (nSPS) is 11.0. The van der Waals surface area contributed by atoms with Crippen molar-refractivity contribution in [2.45, 2.75) is 6.18 Å². The van der Waals surface area contributed by atoms with E-state index in [0.29, 0.717) is 12.1 Å². The van der Waals surface area contributed by atoms with Crippen LogP contribution in [0.2, 0.25) is 0 Å². The number of carboxylic acids is 1. The van der Waals surface area contributed by atoms with E-state index in [1.807, 2.05) is 0 Å². The number of carbonyl (C=O) groups is 2. The summed E-state index contributed by atoms with van der Waals surface area (Å²) in [6.07, 6.45) is -5.16. The van der Waals surface area contributed by atoms with Crippen molar-refractivity contribution in [1.82, 2.24) is 0 Å². The summed E-state index contributed by atoms with van der Waals surface area (Å²) in [6.45, 7) is 0. The highest BCUT2D eigenvalue weighted by Gasteiger charge is 2.39. The fraction of sp³-hybridized carbons (Fsp3) is 0.200. The second kappa shape index (κ2) is 5.12. The van der Waals surface area contributed by atoms with Gasteiger partial charge in [0.2, 0.25) is 0 Å². The Morgan fingerprint density at radius 1 is 1.32 bits per heavy atom. The number of alkyl halides is 3. The van der Waals surface area contributed by atoms with Gasteiger partial charge < -0.3 is 15.2 Å². The molecule has 0 aromatic heterocycles. The maximum absolute atomic E-state index is 13.3. The van der Waals surface area contributed by atoms with Crippen LogP contribution in [0.1, 0.15) is 10.4 Å². The highest BCUT2D eigenvalue weighted by Crippen LogP contribution is 2.29. The lowest BCUT2D eigenvalue weighted by Crippen LogP contribution is -2.30. The van der Waals surface area contributed by atoms with Crippen molar-refractivity contribution in [3.05, 3.63) is 23.5 Å². The summed E-state index contributed by atoms with van der Waals surface area (Å²) in [7, 11) is 1.03. The van der Waals surface area contributed by atoms with E-state index in [1.165, 1.54) is 5.32 Å². The zero-order valence-corrected chi connectivity index (χ0v) is 9.34. The molecule has 1 aromatic carbocycles. The molecule has 0 spiro atoms. The van der Waals surface area contributed by atoms with Gasteiger partial charge in [-0.05, 0) is 6.07 Å². The Bertz CT molecular complexity index is 527. The molecule has 1 amide bonds. The summed E-state index contributed by atoms with van der Waals surface area (Å²) >= 11 is 0. The third-order valence-corrected chi connectivity index (χ3v) is 2.03. The molecule has 0 unspecified atom stereocenters. The first-order valence-corrected chi connectivity index (χ1v) is 4.65. The zero-order valence-electron chi connectivity index (χ0n) is 9.34. The van der Waals surface area contributed by atoms with Crippen LogP contribution in [0.25, 0.3) is 0 Å². The Morgan fingerprint density at radius 2 is 1.89 bits per heavy atom. The van der Waals surface area contributed by atoms with Crippen LogP contribution in [0.4, 0.5) is 23.2 Å². The highest BCUT2D eigenvalue weighted by atomic mass is 19.4. The SMILES string of the molecule is COc1cc(C(=O)O)c(F)cc1NC(=O)C(F)(F)F. The molecule has 0 fully saturated rings. The van der Waals surface area contributed by atoms with Crippen LogP contribution in [-0.4, -0.2) is 30.3 Å². The largest absolute Gasteiger partial charge is 0.495 e. The molecular weight excluding hydrogens is 274 g/mol. The van der Waals surface area contributed by atoms with E-state index in [9.17, 15) is 27.2 Å². The molecule has 0 saturated heterocycles. The molecule has 0 saturated carbocycles. The molecule has 0 bridgehead atoms. The first-order chi connectivity index (χ1) is 8.66. The van der Waals surface area contributed by atoms with Crippen molar-refractivity contribution in [3.63, 3.8) is 0 Å². The number of carbonyl (C=O) groups excluding carboxylic acids is 1. The minimum Gasteiger partial charge on any atom is -0.495 e. The molecule has 2 N–H and O–H groups in total. The number of aromatic carboxylic acids is 1. The fourth-order valence-corrected chi connectivity index (χ4v) is 1.18. The summed E-state index contributed by atoms with van der Waals surface area (Å²) in [5.41, 5.74) is -1.41. The van der Waals surface area contributed by atoms with Gasteiger partial charge in [0.05, 0.1) is 18.4 Å². The Hall–Kier alpha value is -2.32. The van der Waals surface area contributed by atoms with E-state index in [0.717, 1.165) is 7.11 Å². The van der Waals surface area contributed by atoms with Gasteiger partial charge in [-0.15, -0.1) is 0 Å². The molecule has 9 heteroatoms. The summed E-state index contributed by atoms with van der Waals surface area (Å²) in [5.74, 6) is -5.65. The van der Waals surface area contributed by atoms with Crippen molar-refractivity contribution in [2.75, 3.05) is 12.4 Å². The summed E-state index contributed by atoms with van der Waals surface area (Å²) < 4.78 is 54.0. The fourth-order valence-electron chi connectivity index (χ4n) is 1.18. The number of carboxylic acid groups (broad SMARTS) is 1. The number of ether oxygens (including phenoxy) is 1. The predicted molar refractivity (Wildman–Crippen MR) is 54.6 cm³/mol. The number of rotatable bonds is 3. The number of halogens is 4. The lowest BCUT2D eigenvalue weighted by molar-refractivity contribution is -0.167. The molecule has 0 radical (unpaired) electrons. The minimum atomic E-state index is -5.16. The number of nitrogens with one attached hydrogen (secondary N) is 1. The molecule has 0 atom stereocenters. The second-order valence-corrected chi connectivity index (χ2v) is 3.29. The van der Waals surface area contributed by atoms with Crippen molar-refractivity contribution < 1.29 is 37.0 Å². The topological polar surface area (TPSA) is 75.6 Å². The van der Waals surface area contributed by atoms with Crippen molar-refractivity contribution in [1.29, 1.82) is 0 Å². The van der Waals surface area contributed by atoms with Crippen LogP contribution in [0.15, 0.2) is 12.1 Å². The molecule has 0 aliphatic heterocycles. The van der Waals surface area contributed by atoms with Gasteiger partial charge in [0, 0.05) is 6.07 Å². The third-order valence-electron chi connectivity index (χ3n) is 2.03. The van der Waals surface area contributed by atoms with Crippen molar-refractivity contribution in [2.24, 2.45) is 0 Å². The van der Waals surface area contributed by atoms with Crippen molar-refractivity contribution >= 4 is 17.6 Å². The Morgan fingerprint density at radius 3 is 2.32 bits per heavy atom. The molecular formula is C10H7F4NO4. The Balaban J connectivity index is 3.19. The summed E-state index contributed by atoms with van der Waals surface area (Å²) in [4.78, 5) is 21.3. The molecule has 1 aromatic rings. The van der Waals surface area contributed by atoms with Gasteiger partial charge in [-0.2, -0.15) is 13.2 Å². The zero-order chi connectivity index (χ0) is 14.8. The summed E-state index contributed by atoms with van der Waals surface area (Å²) in [5, 5.41) is 10.0. The van der Waals surface area contributed by atoms with E-state index in [2.05, 4.69) is 4.74 Å². The van der Waals surface area contributed by atoms with Gasteiger partial charge in [-0.3, -0.25) is 4.79 Å². The van der Waals surface area contributed by atoms with Gasteiger partial charge in [0.1, 0.15) is 11.6 Å². The average molecular weight is 281 g/mol. The summed E-state index contributed by atoms with van der Waals surface area (Å²) in [6, 6.07) is 1.11.